The zero-order chi connectivity index (χ0) is 10.6. The van der Waals surface area contributed by atoms with Crippen molar-refractivity contribution in [2.75, 3.05) is 6.54 Å². The molecule has 0 radical (unpaired) electrons. The number of hydrogen-bond acceptors (Lipinski definition) is 2. The van der Waals surface area contributed by atoms with Gasteiger partial charge in [-0.1, -0.05) is 0 Å². The van der Waals surface area contributed by atoms with Crippen LogP contribution in [0.1, 0.15) is 24.4 Å². The molecule has 4 heteroatoms. The molecule has 0 aliphatic heterocycles. The predicted octanol–water partition coefficient (Wildman–Crippen LogP) is 1.70. The number of benzene rings is 1. The van der Waals surface area contributed by atoms with Crippen molar-refractivity contribution in [3.63, 3.8) is 0 Å². The van der Waals surface area contributed by atoms with Crippen molar-refractivity contribution in [3.05, 3.63) is 35.4 Å². The van der Waals surface area contributed by atoms with Crippen molar-refractivity contribution in [1.82, 2.24) is 0 Å². The molecule has 4 N–H and O–H groups in total. The van der Waals surface area contributed by atoms with E-state index in [0.717, 1.165) is 18.2 Å². The minimum atomic E-state index is -0.478. The van der Waals surface area contributed by atoms with Gasteiger partial charge in [-0.2, -0.15) is 0 Å². The van der Waals surface area contributed by atoms with Crippen LogP contribution in [-0.2, 0) is 0 Å². The number of hydrogen-bond donors (Lipinski definition) is 2. The van der Waals surface area contributed by atoms with Gasteiger partial charge in [-0.15, -0.1) is 0 Å². The first-order valence-electron chi connectivity index (χ1n) is 4.55. The molecule has 0 bridgehead atoms. The molecule has 0 aliphatic carbocycles. The second kappa shape index (κ2) is 5.02. The van der Waals surface area contributed by atoms with E-state index in [4.69, 9.17) is 11.5 Å². The second-order valence-electron chi connectivity index (χ2n) is 3.20. The molecule has 1 aromatic rings. The van der Waals surface area contributed by atoms with E-state index in [-0.39, 0.29) is 5.56 Å². The fourth-order valence-corrected chi connectivity index (χ4v) is 1.29. The Bertz CT molecular complexity index is 302. The van der Waals surface area contributed by atoms with Gasteiger partial charge in [0.15, 0.2) is 0 Å². The molecule has 1 aromatic carbocycles. The third kappa shape index (κ3) is 2.75. The first-order valence-corrected chi connectivity index (χ1v) is 4.55. The molecule has 1 atom stereocenters. The Kier molecular flexibility index (Phi) is 3.98. The van der Waals surface area contributed by atoms with Gasteiger partial charge in [0.1, 0.15) is 11.6 Å². The smallest absolute Gasteiger partial charge is 0.128 e. The van der Waals surface area contributed by atoms with Crippen LogP contribution in [-0.4, -0.2) is 6.54 Å². The van der Waals surface area contributed by atoms with Crippen LogP contribution in [0.15, 0.2) is 18.2 Å². The van der Waals surface area contributed by atoms with Gasteiger partial charge < -0.3 is 11.5 Å². The summed E-state index contributed by atoms with van der Waals surface area (Å²) in [5, 5.41) is 0. The number of halogens is 2. The summed E-state index contributed by atoms with van der Waals surface area (Å²) in [6, 6.07) is 2.83. The zero-order valence-corrected chi connectivity index (χ0v) is 7.84. The van der Waals surface area contributed by atoms with Gasteiger partial charge in [0.25, 0.3) is 0 Å². The molecule has 14 heavy (non-hydrogen) atoms. The van der Waals surface area contributed by atoms with Crippen molar-refractivity contribution in [2.24, 2.45) is 11.5 Å². The minimum absolute atomic E-state index is 0.221. The van der Waals surface area contributed by atoms with E-state index in [1.807, 2.05) is 0 Å². The standard InChI is InChI=1S/C10H14F2N2/c11-7-3-4-9(12)8(6-7)10(14)2-1-5-13/h3-4,6,10H,1-2,5,13-14H2/t10-/m1/s1. The van der Waals surface area contributed by atoms with E-state index in [9.17, 15) is 8.78 Å². The Morgan fingerprint density at radius 1 is 1.29 bits per heavy atom. The van der Waals surface area contributed by atoms with Crippen molar-refractivity contribution in [3.8, 4) is 0 Å². The Labute approximate surface area is 81.9 Å². The fraction of sp³-hybridized carbons (Fsp3) is 0.400. The Morgan fingerprint density at radius 3 is 2.64 bits per heavy atom. The molecule has 0 heterocycles. The molecule has 0 unspecified atom stereocenters. The Hall–Kier alpha value is -1.00. The molecule has 1 rings (SSSR count). The van der Waals surface area contributed by atoms with E-state index in [1.54, 1.807) is 0 Å². The quantitative estimate of drug-likeness (QED) is 0.777. The molecule has 0 fully saturated rings. The summed E-state index contributed by atoms with van der Waals surface area (Å²) in [7, 11) is 0. The third-order valence-electron chi connectivity index (χ3n) is 2.08. The van der Waals surface area contributed by atoms with E-state index in [0.29, 0.717) is 19.4 Å². The van der Waals surface area contributed by atoms with Crippen LogP contribution in [0.5, 0.6) is 0 Å². The van der Waals surface area contributed by atoms with Crippen molar-refractivity contribution in [2.45, 2.75) is 18.9 Å². The topological polar surface area (TPSA) is 52.0 Å². The first kappa shape index (κ1) is 11.1. The maximum Gasteiger partial charge on any atom is 0.128 e. The molecule has 0 amide bonds. The van der Waals surface area contributed by atoms with Gasteiger partial charge in [-0.25, -0.2) is 8.78 Å². The van der Waals surface area contributed by atoms with E-state index < -0.39 is 17.7 Å². The molecule has 0 saturated carbocycles. The van der Waals surface area contributed by atoms with Crippen LogP contribution in [0, 0.1) is 11.6 Å². The van der Waals surface area contributed by atoms with Gasteiger partial charge >= 0.3 is 0 Å². The van der Waals surface area contributed by atoms with Crippen LogP contribution >= 0.6 is 0 Å². The normalized spacial score (nSPS) is 12.9. The summed E-state index contributed by atoms with van der Waals surface area (Å²) in [5.41, 5.74) is 11.2. The lowest BCUT2D eigenvalue weighted by Crippen LogP contribution is -2.14. The van der Waals surface area contributed by atoms with Gasteiger partial charge in [-0.05, 0) is 37.6 Å². The maximum absolute atomic E-state index is 13.2. The van der Waals surface area contributed by atoms with Crippen LogP contribution in [0.4, 0.5) is 8.78 Å². The van der Waals surface area contributed by atoms with E-state index in [1.165, 1.54) is 0 Å². The van der Waals surface area contributed by atoms with Gasteiger partial charge in [0, 0.05) is 11.6 Å². The fourth-order valence-electron chi connectivity index (χ4n) is 1.29. The average Bonchev–Trinajstić information content (AvgIpc) is 2.18. The predicted molar refractivity (Wildman–Crippen MR) is 51.6 cm³/mol. The van der Waals surface area contributed by atoms with Crippen molar-refractivity contribution >= 4 is 0 Å². The summed E-state index contributed by atoms with van der Waals surface area (Å²) in [6.07, 6.45) is 1.27. The summed E-state index contributed by atoms with van der Waals surface area (Å²) >= 11 is 0. The molecule has 0 saturated heterocycles. The molecule has 0 aromatic heterocycles. The molecule has 0 spiro atoms. The lowest BCUT2D eigenvalue weighted by atomic mass is 10.0. The zero-order valence-electron chi connectivity index (χ0n) is 7.84. The van der Waals surface area contributed by atoms with E-state index >= 15 is 0 Å². The van der Waals surface area contributed by atoms with Crippen LogP contribution in [0.2, 0.25) is 0 Å². The van der Waals surface area contributed by atoms with Crippen LogP contribution < -0.4 is 11.5 Å². The van der Waals surface area contributed by atoms with Gasteiger partial charge in [0.2, 0.25) is 0 Å². The van der Waals surface area contributed by atoms with E-state index in [2.05, 4.69) is 0 Å². The monoisotopic (exact) mass is 200 g/mol. The Balaban J connectivity index is 2.77. The summed E-state index contributed by atoms with van der Waals surface area (Å²) in [6.45, 7) is 0.505. The highest BCUT2D eigenvalue weighted by molar-refractivity contribution is 5.21. The largest absolute Gasteiger partial charge is 0.330 e. The van der Waals surface area contributed by atoms with Crippen molar-refractivity contribution in [1.29, 1.82) is 0 Å². The summed E-state index contributed by atoms with van der Waals surface area (Å²) in [4.78, 5) is 0. The molecular formula is C10H14F2N2. The second-order valence-corrected chi connectivity index (χ2v) is 3.20. The van der Waals surface area contributed by atoms with Crippen LogP contribution in [0.25, 0.3) is 0 Å². The highest BCUT2D eigenvalue weighted by Crippen LogP contribution is 2.19. The highest BCUT2D eigenvalue weighted by Gasteiger charge is 2.11. The molecule has 0 aliphatic rings. The lowest BCUT2D eigenvalue weighted by molar-refractivity contribution is 0.540. The molecular weight excluding hydrogens is 186 g/mol. The summed E-state index contributed by atoms with van der Waals surface area (Å²) < 4.78 is 26.0. The SMILES string of the molecule is NCCC[C@@H](N)c1cc(F)ccc1F. The highest BCUT2D eigenvalue weighted by atomic mass is 19.1. The van der Waals surface area contributed by atoms with Gasteiger partial charge in [0.05, 0.1) is 0 Å². The lowest BCUT2D eigenvalue weighted by Gasteiger charge is -2.12. The minimum Gasteiger partial charge on any atom is -0.330 e. The van der Waals surface area contributed by atoms with Gasteiger partial charge in [-0.3, -0.25) is 0 Å². The Morgan fingerprint density at radius 2 is 2.00 bits per heavy atom. The average molecular weight is 200 g/mol. The number of nitrogens with two attached hydrogens (primary N) is 2. The van der Waals surface area contributed by atoms with Crippen LogP contribution in [0.3, 0.4) is 0 Å². The molecule has 78 valence electrons. The van der Waals surface area contributed by atoms with Crippen molar-refractivity contribution < 1.29 is 8.78 Å². The third-order valence-corrected chi connectivity index (χ3v) is 2.08. The summed E-state index contributed by atoms with van der Waals surface area (Å²) in [5.74, 6) is -0.930. The maximum atomic E-state index is 13.2. The first-order chi connectivity index (χ1) is 6.65. The molecule has 2 nitrogen and oxygen atoms in total. The number of rotatable bonds is 4.